The van der Waals surface area contributed by atoms with Crippen LogP contribution >= 0.6 is 0 Å². The smallest absolute Gasteiger partial charge is 0.139 e. The van der Waals surface area contributed by atoms with Crippen molar-refractivity contribution in [1.82, 2.24) is 14.8 Å². The molecule has 0 bridgehead atoms. The van der Waals surface area contributed by atoms with Crippen molar-refractivity contribution >= 4 is 0 Å². The van der Waals surface area contributed by atoms with Crippen LogP contribution in [0, 0.1) is 0 Å². The average molecular weight is 207 g/mol. The zero-order chi connectivity index (χ0) is 10.7. The van der Waals surface area contributed by atoms with E-state index in [-0.39, 0.29) is 0 Å². The number of aromatic nitrogens is 3. The van der Waals surface area contributed by atoms with Crippen LogP contribution in [0.15, 0.2) is 6.33 Å². The molecule has 3 heteroatoms. The highest BCUT2D eigenvalue weighted by atomic mass is 15.3. The highest BCUT2D eigenvalue weighted by molar-refractivity contribution is 5.10. The van der Waals surface area contributed by atoms with E-state index >= 15 is 0 Å². The number of aryl methyl sites for hydroxylation is 1. The molecular formula is C12H21N3. The van der Waals surface area contributed by atoms with E-state index in [2.05, 4.69) is 28.6 Å². The lowest BCUT2D eigenvalue weighted by atomic mass is 9.82. The highest BCUT2D eigenvalue weighted by Crippen LogP contribution is 2.42. The summed E-state index contributed by atoms with van der Waals surface area (Å²) in [5.41, 5.74) is 0.339. The van der Waals surface area contributed by atoms with Gasteiger partial charge in [-0.2, -0.15) is 0 Å². The zero-order valence-electron chi connectivity index (χ0n) is 9.87. The van der Waals surface area contributed by atoms with Crippen LogP contribution in [0.3, 0.4) is 0 Å². The van der Waals surface area contributed by atoms with Gasteiger partial charge in [-0.3, -0.25) is 0 Å². The third-order valence-corrected chi connectivity index (χ3v) is 3.79. The summed E-state index contributed by atoms with van der Waals surface area (Å²) in [5.74, 6) is 1.24. The minimum Gasteiger partial charge on any atom is -0.317 e. The predicted octanol–water partition coefficient (Wildman–Crippen LogP) is 2.91. The molecule has 1 fully saturated rings. The summed E-state index contributed by atoms with van der Waals surface area (Å²) in [6.07, 6.45) is 9.56. The van der Waals surface area contributed by atoms with E-state index in [9.17, 15) is 0 Å². The van der Waals surface area contributed by atoms with Gasteiger partial charge in [0.25, 0.3) is 0 Å². The Balaban J connectivity index is 2.29. The first-order valence-corrected chi connectivity index (χ1v) is 6.20. The van der Waals surface area contributed by atoms with Crippen molar-refractivity contribution < 1.29 is 0 Å². The SMILES string of the molecule is CCCn1cnnc1C1(CC)CCCC1. The van der Waals surface area contributed by atoms with Gasteiger partial charge in [0, 0.05) is 12.0 Å². The Morgan fingerprint density at radius 3 is 2.67 bits per heavy atom. The first kappa shape index (κ1) is 10.7. The Kier molecular flexibility index (Phi) is 3.08. The van der Waals surface area contributed by atoms with Crippen LogP contribution in [0.1, 0.15) is 58.2 Å². The Labute approximate surface area is 91.9 Å². The molecule has 0 saturated heterocycles. The fraction of sp³-hybridized carbons (Fsp3) is 0.833. The quantitative estimate of drug-likeness (QED) is 0.760. The van der Waals surface area contributed by atoms with E-state index < -0.39 is 0 Å². The van der Waals surface area contributed by atoms with Crippen molar-refractivity contribution in [3.8, 4) is 0 Å². The van der Waals surface area contributed by atoms with Gasteiger partial charge in [0.05, 0.1) is 0 Å². The third kappa shape index (κ3) is 1.80. The molecule has 0 unspecified atom stereocenters. The van der Waals surface area contributed by atoms with Crippen molar-refractivity contribution in [3.05, 3.63) is 12.2 Å². The molecule has 84 valence electrons. The molecule has 0 amide bonds. The van der Waals surface area contributed by atoms with E-state index in [1.54, 1.807) is 0 Å². The summed E-state index contributed by atoms with van der Waals surface area (Å²) in [4.78, 5) is 0. The van der Waals surface area contributed by atoms with Crippen LogP contribution in [0.5, 0.6) is 0 Å². The largest absolute Gasteiger partial charge is 0.317 e. The maximum Gasteiger partial charge on any atom is 0.139 e. The molecule has 1 heterocycles. The molecule has 3 nitrogen and oxygen atoms in total. The lowest BCUT2D eigenvalue weighted by Crippen LogP contribution is -2.26. The summed E-state index contributed by atoms with van der Waals surface area (Å²) < 4.78 is 2.26. The highest BCUT2D eigenvalue weighted by Gasteiger charge is 2.37. The molecule has 15 heavy (non-hydrogen) atoms. The van der Waals surface area contributed by atoms with Crippen LogP contribution in [-0.4, -0.2) is 14.8 Å². The Hall–Kier alpha value is -0.860. The van der Waals surface area contributed by atoms with Gasteiger partial charge in [-0.25, -0.2) is 0 Å². The van der Waals surface area contributed by atoms with E-state index in [0.29, 0.717) is 5.41 Å². The fourth-order valence-corrected chi connectivity index (χ4v) is 2.86. The summed E-state index contributed by atoms with van der Waals surface area (Å²) >= 11 is 0. The second-order valence-electron chi connectivity index (χ2n) is 4.69. The maximum absolute atomic E-state index is 4.37. The molecule has 1 saturated carbocycles. The molecule has 0 aromatic carbocycles. The first-order valence-electron chi connectivity index (χ1n) is 6.20. The van der Waals surface area contributed by atoms with Gasteiger partial charge in [-0.15, -0.1) is 10.2 Å². The number of hydrogen-bond donors (Lipinski definition) is 0. The van der Waals surface area contributed by atoms with E-state index in [0.717, 1.165) is 13.0 Å². The van der Waals surface area contributed by atoms with Crippen LogP contribution < -0.4 is 0 Å². The topological polar surface area (TPSA) is 30.7 Å². The molecule has 0 aliphatic heterocycles. The minimum absolute atomic E-state index is 0.339. The molecule has 2 rings (SSSR count). The van der Waals surface area contributed by atoms with Crippen molar-refractivity contribution in [2.24, 2.45) is 0 Å². The van der Waals surface area contributed by atoms with Crippen molar-refractivity contribution in [1.29, 1.82) is 0 Å². The third-order valence-electron chi connectivity index (χ3n) is 3.79. The van der Waals surface area contributed by atoms with Crippen LogP contribution in [0.2, 0.25) is 0 Å². The van der Waals surface area contributed by atoms with Gasteiger partial charge in [0.1, 0.15) is 12.2 Å². The molecule has 0 spiro atoms. The second-order valence-corrected chi connectivity index (χ2v) is 4.69. The molecule has 0 N–H and O–H groups in total. The molecule has 1 aliphatic rings. The van der Waals surface area contributed by atoms with Gasteiger partial charge in [-0.1, -0.05) is 26.7 Å². The monoisotopic (exact) mass is 207 g/mol. The summed E-state index contributed by atoms with van der Waals surface area (Å²) in [6.45, 7) is 5.55. The molecular weight excluding hydrogens is 186 g/mol. The summed E-state index contributed by atoms with van der Waals surface area (Å²) in [5, 5.41) is 8.46. The van der Waals surface area contributed by atoms with Crippen LogP contribution in [0.4, 0.5) is 0 Å². The molecule has 1 aliphatic carbocycles. The molecule has 0 atom stereocenters. The van der Waals surface area contributed by atoms with E-state index in [4.69, 9.17) is 0 Å². The van der Waals surface area contributed by atoms with Gasteiger partial charge in [-0.05, 0) is 25.7 Å². The number of rotatable bonds is 4. The fourth-order valence-electron chi connectivity index (χ4n) is 2.86. The molecule has 1 aromatic heterocycles. The second kappa shape index (κ2) is 4.33. The lowest BCUT2D eigenvalue weighted by molar-refractivity contribution is 0.377. The normalized spacial score (nSPS) is 19.6. The molecule has 1 aromatic rings. The Morgan fingerprint density at radius 2 is 2.07 bits per heavy atom. The van der Waals surface area contributed by atoms with Gasteiger partial charge in [0.15, 0.2) is 0 Å². The Bertz CT molecular complexity index is 310. The van der Waals surface area contributed by atoms with Crippen molar-refractivity contribution in [2.45, 2.75) is 64.3 Å². The van der Waals surface area contributed by atoms with Gasteiger partial charge >= 0.3 is 0 Å². The Morgan fingerprint density at radius 1 is 1.33 bits per heavy atom. The van der Waals surface area contributed by atoms with Crippen molar-refractivity contribution in [2.75, 3.05) is 0 Å². The maximum atomic E-state index is 4.37. The van der Waals surface area contributed by atoms with Crippen molar-refractivity contribution in [3.63, 3.8) is 0 Å². The number of hydrogen-bond acceptors (Lipinski definition) is 2. The van der Waals surface area contributed by atoms with Gasteiger partial charge in [0.2, 0.25) is 0 Å². The van der Waals surface area contributed by atoms with Crippen LogP contribution in [-0.2, 0) is 12.0 Å². The number of nitrogens with zero attached hydrogens (tertiary/aromatic N) is 3. The van der Waals surface area contributed by atoms with Gasteiger partial charge < -0.3 is 4.57 Å². The lowest BCUT2D eigenvalue weighted by Gasteiger charge is -2.26. The predicted molar refractivity (Wildman–Crippen MR) is 60.8 cm³/mol. The summed E-state index contributed by atoms with van der Waals surface area (Å²) in [7, 11) is 0. The van der Waals surface area contributed by atoms with E-state index in [1.807, 2.05) is 6.33 Å². The molecule has 0 radical (unpaired) electrons. The minimum atomic E-state index is 0.339. The zero-order valence-corrected chi connectivity index (χ0v) is 9.87. The van der Waals surface area contributed by atoms with E-state index in [1.165, 1.54) is 37.9 Å². The van der Waals surface area contributed by atoms with Crippen LogP contribution in [0.25, 0.3) is 0 Å². The first-order chi connectivity index (χ1) is 7.32. The average Bonchev–Trinajstić information content (AvgIpc) is 2.86. The summed E-state index contributed by atoms with van der Waals surface area (Å²) in [6, 6.07) is 0. The standard InChI is InChI=1S/C12H21N3/c1-3-9-15-10-13-14-11(15)12(4-2)7-5-6-8-12/h10H,3-9H2,1-2H3.